The van der Waals surface area contributed by atoms with Gasteiger partial charge < -0.3 is 14.8 Å². The Labute approximate surface area is 177 Å². The first kappa shape index (κ1) is 20.3. The maximum Gasteiger partial charge on any atom is 0.262 e. The highest BCUT2D eigenvalue weighted by Gasteiger charge is 2.07. The number of ether oxygens (including phenoxy) is 2. The first-order chi connectivity index (χ1) is 13.5. The van der Waals surface area contributed by atoms with Gasteiger partial charge in [-0.05, 0) is 60.2 Å². The van der Waals surface area contributed by atoms with Gasteiger partial charge in [-0.3, -0.25) is 4.79 Å². The molecule has 0 aliphatic rings. The second-order valence-corrected chi connectivity index (χ2v) is 7.13. The van der Waals surface area contributed by atoms with Crippen LogP contribution in [0.4, 0.5) is 5.69 Å². The summed E-state index contributed by atoms with van der Waals surface area (Å²) in [7, 11) is 0. The highest BCUT2D eigenvalue weighted by Crippen LogP contribution is 2.27. The zero-order chi connectivity index (χ0) is 19.9. The molecule has 4 nitrogen and oxygen atoms in total. The van der Waals surface area contributed by atoms with Crippen molar-refractivity contribution in [1.29, 1.82) is 0 Å². The molecule has 3 rings (SSSR count). The van der Waals surface area contributed by atoms with Gasteiger partial charge in [0.2, 0.25) is 0 Å². The van der Waals surface area contributed by atoms with E-state index in [0.717, 1.165) is 5.56 Å². The zero-order valence-electron chi connectivity index (χ0n) is 14.6. The molecular weight excluding hydrogens is 421 g/mol. The van der Waals surface area contributed by atoms with E-state index in [9.17, 15) is 4.79 Å². The lowest BCUT2D eigenvalue weighted by Crippen LogP contribution is -2.20. The molecule has 3 aromatic carbocycles. The number of anilines is 1. The molecule has 0 spiro atoms. The predicted molar refractivity (Wildman–Crippen MR) is 113 cm³/mol. The van der Waals surface area contributed by atoms with Crippen LogP contribution in [0.15, 0.2) is 66.7 Å². The van der Waals surface area contributed by atoms with Crippen LogP contribution in [-0.4, -0.2) is 12.5 Å². The summed E-state index contributed by atoms with van der Waals surface area (Å²) < 4.78 is 11.1. The molecule has 3 aromatic rings. The lowest BCUT2D eigenvalue weighted by molar-refractivity contribution is -0.118. The summed E-state index contributed by atoms with van der Waals surface area (Å²) in [5.41, 5.74) is 1.65. The van der Waals surface area contributed by atoms with Crippen LogP contribution in [0, 0.1) is 0 Å². The maximum atomic E-state index is 12.0. The molecule has 1 N–H and O–H groups in total. The summed E-state index contributed by atoms with van der Waals surface area (Å²) in [6.07, 6.45) is 0. The smallest absolute Gasteiger partial charge is 0.262 e. The third kappa shape index (κ3) is 6.06. The third-order valence-corrected chi connectivity index (χ3v) is 4.49. The van der Waals surface area contributed by atoms with E-state index >= 15 is 0 Å². The van der Waals surface area contributed by atoms with Crippen molar-refractivity contribution in [2.45, 2.75) is 6.61 Å². The molecule has 0 radical (unpaired) electrons. The summed E-state index contributed by atoms with van der Waals surface area (Å²) in [6, 6.07) is 19.3. The van der Waals surface area contributed by atoms with Crippen LogP contribution in [0.3, 0.4) is 0 Å². The highest BCUT2D eigenvalue weighted by molar-refractivity contribution is 6.35. The van der Waals surface area contributed by atoms with E-state index in [1.54, 1.807) is 42.5 Å². The number of benzene rings is 3. The van der Waals surface area contributed by atoms with Crippen LogP contribution in [0.2, 0.25) is 15.1 Å². The number of amides is 1. The molecule has 1 amide bonds. The fourth-order valence-electron chi connectivity index (χ4n) is 2.31. The average Bonchev–Trinajstić information content (AvgIpc) is 2.68. The number of halogens is 3. The molecule has 0 aliphatic heterocycles. The van der Waals surface area contributed by atoms with E-state index in [0.29, 0.717) is 38.9 Å². The van der Waals surface area contributed by atoms with E-state index in [2.05, 4.69) is 5.32 Å². The normalized spacial score (nSPS) is 10.4. The van der Waals surface area contributed by atoms with Crippen molar-refractivity contribution in [2.75, 3.05) is 11.9 Å². The molecule has 0 fully saturated rings. The van der Waals surface area contributed by atoms with Gasteiger partial charge in [-0.2, -0.15) is 0 Å². The topological polar surface area (TPSA) is 47.6 Å². The molecule has 0 heterocycles. The van der Waals surface area contributed by atoms with Crippen LogP contribution < -0.4 is 14.8 Å². The molecule has 0 aliphatic carbocycles. The monoisotopic (exact) mass is 435 g/mol. The highest BCUT2D eigenvalue weighted by atomic mass is 35.5. The Bertz CT molecular complexity index is 944. The SMILES string of the molecule is O=C(COc1ccc(Cl)cc1Cl)Nc1ccc(OCc2ccc(Cl)cc2)cc1. The fourth-order valence-corrected chi connectivity index (χ4v) is 2.90. The van der Waals surface area contributed by atoms with Gasteiger partial charge in [-0.1, -0.05) is 46.9 Å². The van der Waals surface area contributed by atoms with Crippen LogP contribution in [0.1, 0.15) is 5.56 Å². The minimum absolute atomic E-state index is 0.170. The number of carbonyl (C=O) groups excluding carboxylic acids is 1. The van der Waals surface area contributed by atoms with Crippen molar-refractivity contribution < 1.29 is 14.3 Å². The van der Waals surface area contributed by atoms with E-state index in [-0.39, 0.29) is 12.5 Å². The molecule has 0 unspecified atom stereocenters. The van der Waals surface area contributed by atoms with Gasteiger partial charge in [-0.15, -0.1) is 0 Å². The second-order valence-electron chi connectivity index (χ2n) is 5.85. The van der Waals surface area contributed by atoms with Gasteiger partial charge in [0.25, 0.3) is 5.91 Å². The lowest BCUT2D eigenvalue weighted by atomic mass is 10.2. The Hall–Kier alpha value is -2.40. The summed E-state index contributed by atoms with van der Waals surface area (Å²) in [6.45, 7) is 0.259. The molecule has 0 atom stereocenters. The Morgan fingerprint density at radius 3 is 2.18 bits per heavy atom. The van der Waals surface area contributed by atoms with E-state index < -0.39 is 0 Å². The maximum absolute atomic E-state index is 12.0. The zero-order valence-corrected chi connectivity index (χ0v) is 16.9. The summed E-state index contributed by atoms with van der Waals surface area (Å²) in [5, 5.41) is 4.28. The summed E-state index contributed by atoms with van der Waals surface area (Å²) in [4.78, 5) is 12.0. The molecule has 28 heavy (non-hydrogen) atoms. The fraction of sp³-hybridized carbons (Fsp3) is 0.0952. The van der Waals surface area contributed by atoms with Crippen LogP contribution in [0.5, 0.6) is 11.5 Å². The van der Waals surface area contributed by atoms with Crippen molar-refractivity contribution in [1.82, 2.24) is 0 Å². The van der Waals surface area contributed by atoms with E-state index in [1.165, 1.54) is 0 Å². The number of hydrogen-bond donors (Lipinski definition) is 1. The van der Waals surface area contributed by atoms with Crippen molar-refractivity contribution in [3.05, 3.63) is 87.4 Å². The Morgan fingerprint density at radius 2 is 1.50 bits per heavy atom. The van der Waals surface area contributed by atoms with Crippen molar-refractivity contribution >= 4 is 46.4 Å². The van der Waals surface area contributed by atoms with E-state index in [1.807, 2.05) is 24.3 Å². The van der Waals surface area contributed by atoms with Crippen LogP contribution in [-0.2, 0) is 11.4 Å². The number of nitrogens with one attached hydrogen (secondary N) is 1. The molecule has 0 saturated carbocycles. The second kappa shape index (κ2) is 9.69. The molecule has 144 valence electrons. The first-order valence-electron chi connectivity index (χ1n) is 8.34. The predicted octanol–water partition coefficient (Wildman–Crippen LogP) is 6.24. The Balaban J connectivity index is 1.47. The van der Waals surface area contributed by atoms with Gasteiger partial charge in [0, 0.05) is 15.7 Å². The van der Waals surface area contributed by atoms with Crippen LogP contribution >= 0.6 is 34.8 Å². The minimum Gasteiger partial charge on any atom is -0.489 e. The van der Waals surface area contributed by atoms with Gasteiger partial charge in [0.1, 0.15) is 18.1 Å². The molecule has 0 bridgehead atoms. The van der Waals surface area contributed by atoms with Gasteiger partial charge in [0.05, 0.1) is 5.02 Å². The quantitative estimate of drug-likeness (QED) is 0.476. The minimum atomic E-state index is -0.305. The largest absolute Gasteiger partial charge is 0.489 e. The lowest BCUT2D eigenvalue weighted by Gasteiger charge is -2.10. The van der Waals surface area contributed by atoms with Crippen LogP contribution in [0.25, 0.3) is 0 Å². The molecule has 0 aromatic heterocycles. The van der Waals surface area contributed by atoms with Crippen molar-refractivity contribution in [3.63, 3.8) is 0 Å². The number of rotatable bonds is 7. The number of hydrogen-bond acceptors (Lipinski definition) is 3. The molecule has 0 saturated heterocycles. The van der Waals surface area contributed by atoms with Gasteiger partial charge in [-0.25, -0.2) is 0 Å². The number of carbonyl (C=O) groups is 1. The third-order valence-electron chi connectivity index (χ3n) is 3.71. The average molecular weight is 437 g/mol. The van der Waals surface area contributed by atoms with Gasteiger partial charge in [0.15, 0.2) is 6.61 Å². The molecule has 7 heteroatoms. The summed E-state index contributed by atoms with van der Waals surface area (Å²) >= 11 is 17.7. The summed E-state index contributed by atoms with van der Waals surface area (Å²) in [5.74, 6) is 0.783. The Kier molecular flexibility index (Phi) is 7.04. The van der Waals surface area contributed by atoms with E-state index in [4.69, 9.17) is 44.3 Å². The van der Waals surface area contributed by atoms with Crippen molar-refractivity contribution in [2.24, 2.45) is 0 Å². The van der Waals surface area contributed by atoms with Gasteiger partial charge >= 0.3 is 0 Å². The first-order valence-corrected chi connectivity index (χ1v) is 9.48. The Morgan fingerprint density at radius 1 is 0.821 bits per heavy atom. The van der Waals surface area contributed by atoms with Crippen molar-refractivity contribution in [3.8, 4) is 11.5 Å². The standard InChI is InChI=1S/C21H16Cl3NO3/c22-15-3-1-14(2-4-15)12-27-18-8-6-17(7-9-18)25-21(26)13-28-20-10-5-16(23)11-19(20)24/h1-11H,12-13H2,(H,25,26). The molecular formula is C21H16Cl3NO3.